The molecule has 2 unspecified atom stereocenters. The van der Waals surface area contributed by atoms with Crippen molar-refractivity contribution in [1.82, 2.24) is 10.6 Å². The smallest absolute Gasteiger partial charge is 0.328 e. The molecule has 0 aliphatic rings. The molecule has 4 N–H and O–H groups in total. The number of aliphatic carboxylic acids is 1. The largest absolute Gasteiger partial charge is 0.480 e. The summed E-state index contributed by atoms with van der Waals surface area (Å²) >= 11 is 0. The van der Waals surface area contributed by atoms with Crippen LogP contribution in [0, 0.1) is 0 Å². The van der Waals surface area contributed by atoms with E-state index in [0.717, 1.165) is 44.9 Å². The third-order valence-corrected chi connectivity index (χ3v) is 8.84. The molecule has 0 fully saturated rings. The van der Waals surface area contributed by atoms with E-state index in [4.69, 9.17) is 14.9 Å². The Kier molecular flexibility index (Phi) is 32.2. The van der Waals surface area contributed by atoms with E-state index in [1.807, 2.05) is 0 Å². The summed E-state index contributed by atoms with van der Waals surface area (Å²) in [6.45, 7) is 3.31. The number of ether oxygens (including phenoxy) is 1. The van der Waals surface area contributed by atoms with Crippen molar-refractivity contribution in [2.45, 2.75) is 206 Å². The second kappa shape index (κ2) is 33.7. The second-order valence-electron chi connectivity index (χ2n) is 13.4. The van der Waals surface area contributed by atoms with Gasteiger partial charge in [0.1, 0.15) is 12.1 Å². The minimum atomic E-state index is -1.39. The molecule has 276 valence electrons. The first-order valence-electron chi connectivity index (χ1n) is 19.4. The molecular formula is C38H72N2O7. The Morgan fingerprint density at radius 2 is 1.00 bits per heavy atom. The van der Waals surface area contributed by atoms with Crippen molar-refractivity contribution in [3.63, 3.8) is 0 Å². The molecule has 9 nitrogen and oxygen atoms in total. The van der Waals surface area contributed by atoms with Crippen LogP contribution < -0.4 is 10.6 Å². The zero-order chi connectivity index (χ0) is 34.8. The molecule has 0 saturated carbocycles. The van der Waals surface area contributed by atoms with E-state index < -0.39 is 24.5 Å². The van der Waals surface area contributed by atoms with Gasteiger partial charge in [0.15, 0.2) is 0 Å². The Balaban J connectivity index is 3.66. The first-order chi connectivity index (χ1) is 22.8. The average molecular weight is 669 g/mol. The minimum Gasteiger partial charge on any atom is -0.480 e. The molecule has 0 rings (SSSR count). The highest BCUT2D eigenvalue weighted by Gasteiger charge is 2.19. The maximum Gasteiger partial charge on any atom is 0.328 e. The summed E-state index contributed by atoms with van der Waals surface area (Å²) in [6, 6.07) is -1.39. The predicted octanol–water partition coefficient (Wildman–Crippen LogP) is 8.54. The molecule has 0 spiro atoms. The molecule has 0 bridgehead atoms. The number of rotatable bonds is 35. The molecule has 47 heavy (non-hydrogen) atoms. The van der Waals surface area contributed by atoms with E-state index >= 15 is 0 Å². The van der Waals surface area contributed by atoms with Gasteiger partial charge in [-0.3, -0.25) is 14.4 Å². The van der Waals surface area contributed by atoms with E-state index in [1.165, 1.54) is 116 Å². The van der Waals surface area contributed by atoms with Crippen LogP contribution in [0.3, 0.4) is 0 Å². The SMILES string of the molecule is CCCCCCCCCCCCCCCCCCCCCCC(=O)OC(CCC)CCCCCC(=O)NCC(=O)NC(CO)C(=O)O. The van der Waals surface area contributed by atoms with Crippen LogP contribution in [0.2, 0.25) is 0 Å². The number of aliphatic hydroxyl groups excluding tert-OH is 1. The van der Waals surface area contributed by atoms with E-state index in [0.29, 0.717) is 12.8 Å². The summed E-state index contributed by atoms with van der Waals surface area (Å²) in [5, 5.41) is 22.4. The highest BCUT2D eigenvalue weighted by Crippen LogP contribution is 2.17. The van der Waals surface area contributed by atoms with Crippen molar-refractivity contribution in [3.8, 4) is 0 Å². The molecule has 9 heteroatoms. The van der Waals surface area contributed by atoms with Gasteiger partial charge in [0, 0.05) is 12.8 Å². The molecule has 2 atom stereocenters. The fraction of sp³-hybridized carbons (Fsp3) is 0.895. The van der Waals surface area contributed by atoms with Crippen molar-refractivity contribution in [3.05, 3.63) is 0 Å². The predicted molar refractivity (Wildman–Crippen MR) is 190 cm³/mol. The summed E-state index contributed by atoms with van der Waals surface area (Å²) < 4.78 is 5.76. The summed E-state index contributed by atoms with van der Waals surface area (Å²) in [5.41, 5.74) is 0. The number of esters is 1. The van der Waals surface area contributed by atoms with Gasteiger partial charge in [0.2, 0.25) is 11.8 Å². The van der Waals surface area contributed by atoms with E-state index in [2.05, 4.69) is 24.5 Å². The number of carbonyl (C=O) groups excluding carboxylic acids is 3. The zero-order valence-corrected chi connectivity index (χ0v) is 30.3. The lowest BCUT2D eigenvalue weighted by Gasteiger charge is -2.17. The van der Waals surface area contributed by atoms with E-state index in [9.17, 15) is 19.2 Å². The van der Waals surface area contributed by atoms with Crippen LogP contribution in [0.15, 0.2) is 0 Å². The summed E-state index contributed by atoms with van der Waals surface area (Å²) in [5.74, 6) is -2.40. The lowest BCUT2D eigenvalue weighted by molar-refractivity contribution is -0.150. The van der Waals surface area contributed by atoms with Crippen molar-refractivity contribution in [1.29, 1.82) is 0 Å². The van der Waals surface area contributed by atoms with E-state index in [1.54, 1.807) is 0 Å². The quantitative estimate of drug-likeness (QED) is 0.0392. The Morgan fingerprint density at radius 3 is 1.45 bits per heavy atom. The topological polar surface area (TPSA) is 142 Å². The van der Waals surface area contributed by atoms with Crippen molar-refractivity contribution in [2.75, 3.05) is 13.2 Å². The molecule has 0 aromatic heterocycles. The van der Waals surface area contributed by atoms with Gasteiger partial charge in [-0.1, -0.05) is 149 Å². The van der Waals surface area contributed by atoms with Gasteiger partial charge in [-0.2, -0.15) is 0 Å². The number of carboxylic acid groups (broad SMARTS) is 1. The maximum absolute atomic E-state index is 12.4. The zero-order valence-electron chi connectivity index (χ0n) is 30.3. The molecule has 0 aromatic carbocycles. The minimum absolute atomic E-state index is 0.0798. The van der Waals surface area contributed by atoms with Crippen LogP contribution in [0.1, 0.15) is 194 Å². The highest BCUT2D eigenvalue weighted by atomic mass is 16.5. The average Bonchev–Trinajstić information content (AvgIpc) is 3.05. The third-order valence-electron chi connectivity index (χ3n) is 8.84. The normalized spacial score (nSPS) is 12.4. The van der Waals surface area contributed by atoms with Gasteiger partial charge < -0.3 is 25.6 Å². The van der Waals surface area contributed by atoms with Crippen LogP contribution in [0.4, 0.5) is 0 Å². The Bertz CT molecular complexity index is 777. The highest BCUT2D eigenvalue weighted by molar-refractivity contribution is 5.87. The summed E-state index contributed by atoms with van der Waals surface area (Å²) in [4.78, 5) is 46.9. The lowest BCUT2D eigenvalue weighted by atomic mass is 10.0. The van der Waals surface area contributed by atoms with Crippen LogP contribution in [-0.4, -0.2) is 59.3 Å². The number of nitrogens with one attached hydrogen (secondary N) is 2. The van der Waals surface area contributed by atoms with Gasteiger partial charge in [-0.15, -0.1) is 0 Å². The first-order valence-corrected chi connectivity index (χ1v) is 19.4. The van der Waals surface area contributed by atoms with Crippen molar-refractivity contribution < 1.29 is 34.1 Å². The van der Waals surface area contributed by atoms with Crippen LogP contribution in [-0.2, 0) is 23.9 Å². The Labute approximate surface area is 287 Å². The number of unbranched alkanes of at least 4 members (excludes halogenated alkanes) is 21. The molecule has 0 radical (unpaired) electrons. The summed E-state index contributed by atoms with van der Waals surface area (Å²) in [7, 11) is 0. The van der Waals surface area contributed by atoms with Crippen molar-refractivity contribution >= 4 is 23.8 Å². The molecule has 0 heterocycles. The number of hydrogen-bond acceptors (Lipinski definition) is 6. The van der Waals surface area contributed by atoms with Crippen LogP contribution in [0.5, 0.6) is 0 Å². The fourth-order valence-corrected chi connectivity index (χ4v) is 5.89. The van der Waals surface area contributed by atoms with Gasteiger partial charge in [-0.25, -0.2) is 4.79 Å². The number of carboxylic acids is 1. The number of amides is 2. The van der Waals surface area contributed by atoms with E-state index in [-0.39, 0.29) is 30.9 Å². The third kappa shape index (κ3) is 30.9. The molecular weight excluding hydrogens is 596 g/mol. The first kappa shape index (κ1) is 44.8. The molecule has 0 saturated heterocycles. The summed E-state index contributed by atoms with van der Waals surface area (Å²) in [6.07, 6.45) is 32.3. The molecule has 0 aromatic rings. The Hall–Kier alpha value is -2.16. The van der Waals surface area contributed by atoms with Gasteiger partial charge in [0.25, 0.3) is 0 Å². The molecule has 0 aliphatic heterocycles. The maximum atomic E-state index is 12.4. The van der Waals surface area contributed by atoms with Gasteiger partial charge in [-0.05, 0) is 32.1 Å². The molecule has 0 aliphatic carbocycles. The van der Waals surface area contributed by atoms with Gasteiger partial charge in [0.05, 0.1) is 13.2 Å². The second-order valence-corrected chi connectivity index (χ2v) is 13.4. The van der Waals surface area contributed by atoms with Crippen LogP contribution in [0.25, 0.3) is 0 Å². The standard InChI is InChI=1S/C38H72N2O7/c1-3-5-6-7-8-9-10-11-12-13-14-15-16-17-18-19-20-21-22-26-30-37(44)47-33(27-4-2)28-24-23-25-29-35(42)39-31-36(43)40-34(32-41)38(45)46/h33-34,41H,3-32H2,1-2H3,(H,39,42)(H,40,43)(H,45,46). The van der Waals surface area contributed by atoms with Gasteiger partial charge >= 0.3 is 11.9 Å². The number of hydrogen-bond donors (Lipinski definition) is 4. The number of aliphatic hydroxyl groups is 1. The monoisotopic (exact) mass is 669 g/mol. The molecule has 2 amide bonds. The fourth-order valence-electron chi connectivity index (χ4n) is 5.89. The Morgan fingerprint density at radius 1 is 0.553 bits per heavy atom. The van der Waals surface area contributed by atoms with Crippen LogP contribution >= 0.6 is 0 Å². The van der Waals surface area contributed by atoms with Crippen molar-refractivity contribution in [2.24, 2.45) is 0 Å². The lowest BCUT2D eigenvalue weighted by Crippen LogP contribution is -2.47. The number of carbonyl (C=O) groups is 4.